The van der Waals surface area contributed by atoms with Crippen molar-refractivity contribution >= 4 is 17.7 Å². The zero-order chi connectivity index (χ0) is 25.5. The number of amides is 3. The van der Waals surface area contributed by atoms with Gasteiger partial charge in [0.15, 0.2) is 5.78 Å². The Morgan fingerprint density at radius 2 is 1.77 bits per heavy atom. The highest BCUT2D eigenvalue weighted by Gasteiger charge is 2.49. The van der Waals surface area contributed by atoms with Crippen LogP contribution in [0.5, 0.6) is 5.75 Å². The smallest absolute Gasteiger partial charge is 0.387 e. The first kappa shape index (κ1) is 24.1. The molecule has 1 N–H and O–H groups in total. The predicted octanol–water partition coefficient (Wildman–Crippen LogP) is 4.48. The van der Waals surface area contributed by atoms with Crippen LogP contribution in [0, 0.1) is 19.7 Å². The number of carbonyl (C=O) groups is 3. The Kier molecular flexibility index (Phi) is 6.14. The molecular formula is C25H22F3N3O4. The second-order valence-electron chi connectivity index (χ2n) is 8.37. The van der Waals surface area contributed by atoms with Crippen molar-refractivity contribution < 1.29 is 32.3 Å². The summed E-state index contributed by atoms with van der Waals surface area (Å²) in [6.07, 6.45) is 0. The molecular weight excluding hydrogens is 463 g/mol. The van der Waals surface area contributed by atoms with Crippen molar-refractivity contribution in [2.24, 2.45) is 0 Å². The number of halogens is 3. The number of Topliss-reactive ketones (excluding diaryl/α,β-unsaturated/α-hetero) is 1. The molecule has 3 aromatic rings. The van der Waals surface area contributed by atoms with Crippen LogP contribution in [-0.2, 0) is 10.3 Å². The number of imide groups is 1. The van der Waals surface area contributed by atoms with Crippen LogP contribution in [0.1, 0.15) is 34.2 Å². The summed E-state index contributed by atoms with van der Waals surface area (Å²) < 4.78 is 44.6. The molecule has 4 rings (SSSR count). The van der Waals surface area contributed by atoms with Crippen LogP contribution in [0.2, 0.25) is 0 Å². The number of ether oxygens (including phenoxy) is 1. The van der Waals surface area contributed by atoms with E-state index in [2.05, 4.69) is 10.1 Å². The standard InChI is InChI=1S/C25H22F3N3O4/c1-14-11-20(15(2)31(14)18-6-4-5-17(26)12-18)21(32)13-30-22(33)25(3,29-24(30)34)16-7-9-19(10-8-16)35-23(27)28/h4-12,23H,13H2,1-3H3,(H,29,34). The Bertz CT molecular complexity index is 1320. The largest absolute Gasteiger partial charge is 0.435 e. The molecule has 1 aliphatic rings. The van der Waals surface area contributed by atoms with E-state index in [0.717, 1.165) is 4.90 Å². The SMILES string of the molecule is Cc1cc(C(=O)CN2C(=O)NC(C)(c3ccc(OC(F)F)cc3)C2=O)c(C)n1-c1cccc(F)c1. The molecule has 0 aliphatic carbocycles. The number of ketones is 1. The van der Waals surface area contributed by atoms with Crippen LogP contribution >= 0.6 is 0 Å². The second kappa shape index (κ2) is 8.94. The molecule has 7 nitrogen and oxygen atoms in total. The number of aryl methyl sites for hydroxylation is 1. The maximum atomic E-state index is 13.7. The van der Waals surface area contributed by atoms with Gasteiger partial charge in [0, 0.05) is 22.6 Å². The van der Waals surface area contributed by atoms with E-state index in [1.807, 2.05) is 0 Å². The molecule has 0 radical (unpaired) electrons. The molecule has 0 saturated carbocycles. The molecule has 10 heteroatoms. The highest BCUT2D eigenvalue weighted by molar-refractivity contribution is 6.11. The lowest BCUT2D eigenvalue weighted by Crippen LogP contribution is -2.41. The summed E-state index contributed by atoms with van der Waals surface area (Å²) in [5.41, 5.74) is 0.929. The molecule has 182 valence electrons. The number of alkyl halides is 2. The topological polar surface area (TPSA) is 80.6 Å². The monoisotopic (exact) mass is 485 g/mol. The van der Waals surface area contributed by atoms with Gasteiger partial charge in [0.05, 0.1) is 6.54 Å². The molecule has 1 saturated heterocycles. The quantitative estimate of drug-likeness (QED) is 0.395. The van der Waals surface area contributed by atoms with Gasteiger partial charge in [-0.25, -0.2) is 9.18 Å². The fraction of sp³-hybridized carbons (Fsp3) is 0.240. The van der Waals surface area contributed by atoms with E-state index in [1.54, 1.807) is 36.6 Å². The van der Waals surface area contributed by atoms with Gasteiger partial charge in [0.2, 0.25) is 0 Å². The number of aromatic nitrogens is 1. The van der Waals surface area contributed by atoms with E-state index in [9.17, 15) is 27.6 Å². The first-order chi connectivity index (χ1) is 16.5. The summed E-state index contributed by atoms with van der Waals surface area (Å²) in [7, 11) is 0. The van der Waals surface area contributed by atoms with Gasteiger partial charge in [0.25, 0.3) is 5.91 Å². The predicted molar refractivity (Wildman–Crippen MR) is 120 cm³/mol. The molecule has 1 fully saturated rings. The molecule has 1 aliphatic heterocycles. The van der Waals surface area contributed by atoms with E-state index in [1.165, 1.54) is 43.3 Å². The van der Waals surface area contributed by atoms with E-state index in [4.69, 9.17) is 0 Å². The number of hydrogen-bond acceptors (Lipinski definition) is 4. The Hall–Kier alpha value is -4.08. The Morgan fingerprint density at radius 1 is 1.09 bits per heavy atom. The van der Waals surface area contributed by atoms with Crippen molar-refractivity contribution in [3.05, 3.63) is 82.9 Å². The van der Waals surface area contributed by atoms with Crippen molar-refractivity contribution in [2.45, 2.75) is 32.9 Å². The van der Waals surface area contributed by atoms with E-state index in [0.29, 0.717) is 28.2 Å². The average Bonchev–Trinajstić information content (AvgIpc) is 3.21. The van der Waals surface area contributed by atoms with Crippen molar-refractivity contribution in [1.29, 1.82) is 0 Å². The second-order valence-corrected chi connectivity index (χ2v) is 8.37. The fourth-order valence-corrected chi connectivity index (χ4v) is 4.29. The third-order valence-electron chi connectivity index (χ3n) is 6.03. The first-order valence-corrected chi connectivity index (χ1v) is 10.7. The van der Waals surface area contributed by atoms with Crippen LogP contribution in [0.4, 0.5) is 18.0 Å². The van der Waals surface area contributed by atoms with Gasteiger partial charge in [-0.3, -0.25) is 14.5 Å². The van der Waals surface area contributed by atoms with Gasteiger partial charge in [0.1, 0.15) is 17.1 Å². The van der Waals surface area contributed by atoms with Crippen molar-refractivity contribution in [2.75, 3.05) is 6.54 Å². The molecule has 2 heterocycles. The summed E-state index contributed by atoms with van der Waals surface area (Å²) in [5.74, 6) is -1.63. The lowest BCUT2D eigenvalue weighted by molar-refractivity contribution is -0.130. The first-order valence-electron chi connectivity index (χ1n) is 10.7. The fourth-order valence-electron chi connectivity index (χ4n) is 4.29. The minimum atomic E-state index is -2.99. The van der Waals surface area contributed by atoms with E-state index < -0.39 is 42.2 Å². The molecule has 35 heavy (non-hydrogen) atoms. The summed E-state index contributed by atoms with van der Waals surface area (Å²) in [5, 5.41) is 2.58. The molecule has 3 amide bonds. The molecule has 2 aromatic carbocycles. The summed E-state index contributed by atoms with van der Waals surface area (Å²) in [6, 6.07) is 12.1. The summed E-state index contributed by atoms with van der Waals surface area (Å²) >= 11 is 0. The number of hydrogen-bond donors (Lipinski definition) is 1. The maximum absolute atomic E-state index is 13.7. The minimum Gasteiger partial charge on any atom is -0.435 e. The van der Waals surface area contributed by atoms with Crippen molar-refractivity contribution in [3.8, 4) is 11.4 Å². The van der Waals surface area contributed by atoms with Gasteiger partial charge in [-0.2, -0.15) is 8.78 Å². The van der Waals surface area contributed by atoms with Crippen LogP contribution in [0.15, 0.2) is 54.6 Å². The molecule has 1 unspecified atom stereocenters. The third-order valence-corrected chi connectivity index (χ3v) is 6.03. The molecule has 0 bridgehead atoms. The number of urea groups is 1. The lowest BCUT2D eigenvalue weighted by Gasteiger charge is -2.22. The number of rotatable bonds is 7. The Labute approximate surface area is 199 Å². The zero-order valence-corrected chi connectivity index (χ0v) is 19.1. The summed E-state index contributed by atoms with van der Waals surface area (Å²) in [4.78, 5) is 39.8. The van der Waals surface area contributed by atoms with Gasteiger partial charge in [-0.05, 0) is 62.7 Å². The normalized spacial score (nSPS) is 17.7. The van der Waals surface area contributed by atoms with E-state index in [-0.39, 0.29) is 5.75 Å². The Balaban J connectivity index is 1.56. The van der Waals surface area contributed by atoms with Crippen LogP contribution < -0.4 is 10.1 Å². The van der Waals surface area contributed by atoms with E-state index >= 15 is 0 Å². The number of carbonyl (C=O) groups excluding carboxylic acids is 3. The highest BCUT2D eigenvalue weighted by atomic mass is 19.3. The number of nitrogens with one attached hydrogen (secondary N) is 1. The van der Waals surface area contributed by atoms with Gasteiger partial charge < -0.3 is 14.6 Å². The number of benzene rings is 2. The van der Waals surface area contributed by atoms with Crippen LogP contribution in [0.3, 0.4) is 0 Å². The molecule has 1 aromatic heterocycles. The third kappa shape index (κ3) is 4.39. The summed E-state index contributed by atoms with van der Waals surface area (Å²) in [6.45, 7) is 1.44. The Morgan fingerprint density at radius 3 is 2.40 bits per heavy atom. The lowest BCUT2D eigenvalue weighted by atomic mass is 9.92. The van der Waals surface area contributed by atoms with Crippen molar-refractivity contribution in [1.82, 2.24) is 14.8 Å². The van der Waals surface area contributed by atoms with Gasteiger partial charge in [-0.1, -0.05) is 18.2 Å². The molecule has 0 spiro atoms. The highest BCUT2D eigenvalue weighted by Crippen LogP contribution is 2.31. The van der Waals surface area contributed by atoms with Crippen LogP contribution in [-0.4, -0.2) is 40.3 Å². The van der Waals surface area contributed by atoms with Gasteiger partial charge >= 0.3 is 12.6 Å². The average molecular weight is 485 g/mol. The number of nitrogens with zero attached hydrogens (tertiary/aromatic N) is 2. The minimum absolute atomic E-state index is 0.0928. The molecule has 1 atom stereocenters. The van der Waals surface area contributed by atoms with Crippen LogP contribution in [0.25, 0.3) is 5.69 Å². The zero-order valence-electron chi connectivity index (χ0n) is 19.1. The van der Waals surface area contributed by atoms with Gasteiger partial charge in [-0.15, -0.1) is 0 Å². The van der Waals surface area contributed by atoms with Crippen molar-refractivity contribution in [3.63, 3.8) is 0 Å². The maximum Gasteiger partial charge on any atom is 0.387 e.